The fourth-order valence-corrected chi connectivity index (χ4v) is 1.57. The van der Waals surface area contributed by atoms with Gasteiger partial charge in [-0.1, -0.05) is 6.07 Å². The molecule has 108 valence electrons. The predicted octanol–water partition coefficient (Wildman–Crippen LogP) is 3.18. The summed E-state index contributed by atoms with van der Waals surface area (Å²) in [5, 5.41) is 0. The second-order valence-corrected chi connectivity index (χ2v) is 4.20. The Kier molecular flexibility index (Phi) is 5.62. The van der Waals surface area contributed by atoms with Gasteiger partial charge in [0.15, 0.2) is 0 Å². The molecule has 19 heavy (non-hydrogen) atoms. The van der Waals surface area contributed by atoms with Crippen molar-refractivity contribution in [2.75, 3.05) is 13.2 Å². The van der Waals surface area contributed by atoms with Crippen molar-refractivity contribution in [1.82, 2.24) is 0 Å². The molecule has 3 nitrogen and oxygen atoms in total. The summed E-state index contributed by atoms with van der Waals surface area (Å²) in [4.78, 5) is 0. The Morgan fingerprint density at radius 1 is 1.32 bits per heavy atom. The monoisotopic (exact) mass is 277 g/mol. The Morgan fingerprint density at radius 2 is 2.00 bits per heavy atom. The first-order valence-electron chi connectivity index (χ1n) is 5.99. The van der Waals surface area contributed by atoms with Gasteiger partial charge in [-0.2, -0.15) is 13.2 Å². The highest BCUT2D eigenvalue weighted by molar-refractivity contribution is 5.38. The second-order valence-electron chi connectivity index (χ2n) is 4.20. The van der Waals surface area contributed by atoms with Gasteiger partial charge in [0.2, 0.25) is 0 Å². The minimum Gasteiger partial charge on any atom is -0.494 e. The number of halogens is 3. The first kappa shape index (κ1) is 15.8. The fourth-order valence-electron chi connectivity index (χ4n) is 1.57. The predicted molar refractivity (Wildman–Crippen MR) is 65.9 cm³/mol. The summed E-state index contributed by atoms with van der Waals surface area (Å²) in [6.07, 6.45) is -4.33. The van der Waals surface area contributed by atoms with Crippen LogP contribution in [-0.4, -0.2) is 19.4 Å². The average Bonchev–Trinajstić information content (AvgIpc) is 2.29. The van der Waals surface area contributed by atoms with Gasteiger partial charge < -0.3 is 15.2 Å². The van der Waals surface area contributed by atoms with Crippen molar-refractivity contribution in [3.8, 4) is 5.75 Å². The molecule has 6 heteroatoms. The molecule has 0 radical (unpaired) electrons. The first-order valence-corrected chi connectivity index (χ1v) is 5.99. The maximum atomic E-state index is 12.0. The van der Waals surface area contributed by atoms with Crippen molar-refractivity contribution in [3.05, 3.63) is 29.3 Å². The van der Waals surface area contributed by atoms with E-state index in [9.17, 15) is 13.2 Å². The van der Waals surface area contributed by atoms with Crippen LogP contribution in [0.3, 0.4) is 0 Å². The van der Waals surface area contributed by atoms with E-state index >= 15 is 0 Å². The van der Waals surface area contributed by atoms with Gasteiger partial charge in [-0.15, -0.1) is 0 Å². The van der Waals surface area contributed by atoms with Crippen LogP contribution in [0, 0.1) is 0 Å². The summed E-state index contributed by atoms with van der Waals surface area (Å²) in [5.41, 5.74) is 7.14. The highest BCUT2D eigenvalue weighted by Crippen LogP contribution is 2.24. The van der Waals surface area contributed by atoms with Crippen molar-refractivity contribution < 1.29 is 22.6 Å². The molecule has 0 saturated heterocycles. The highest BCUT2D eigenvalue weighted by Gasteiger charge is 2.27. The molecule has 1 rings (SSSR count). The van der Waals surface area contributed by atoms with Crippen LogP contribution >= 0.6 is 0 Å². The van der Waals surface area contributed by atoms with E-state index in [1.165, 1.54) is 0 Å². The summed E-state index contributed by atoms with van der Waals surface area (Å²) in [5.74, 6) is 0.522. The maximum absolute atomic E-state index is 12.0. The molecule has 0 spiro atoms. The van der Waals surface area contributed by atoms with E-state index in [1.807, 2.05) is 0 Å². The van der Waals surface area contributed by atoms with Crippen LogP contribution in [0.15, 0.2) is 18.2 Å². The van der Waals surface area contributed by atoms with Crippen molar-refractivity contribution in [2.24, 2.45) is 5.73 Å². The van der Waals surface area contributed by atoms with E-state index < -0.39 is 12.8 Å². The van der Waals surface area contributed by atoms with Crippen LogP contribution in [0.1, 0.15) is 31.0 Å². The lowest BCUT2D eigenvalue weighted by molar-refractivity contribution is -0.176. The number of rotatable bonds is 6. The normalized spacial score (nSPS) is 13.4. The van der Waals surface area contributed by atoms with E-state index in [0.29, 0.717) is 17.9 Å². The molecular weight excluding hydrogens is 259 g/mol. The molecule has 0 aliphatic carbocycles. The van der Waals surface area contributed by atoms with Gasteiger partial charge in [-0.3, -0.25) is 0 Å². The summed E-state index contributed by atoms with van der Waals surface area (Å²) in [6.45, 7) is 2.61. The van der Waals surface area contributed by atoms with E-state index in [0.717, 1.165) is 5.56 Å². The Bertz CT molecular complexity index is 405. The third-order valence-corrected chi connectivity index (χ3v) is 2.43. The van der Waals surface area contributed by atoms with Gasteiger partial charge in [0, 0.05) is 11.6 Å². The molecule has 0 aromatic heterocycles. The van der Waals surface area contributed by atoms with Crippen LogP contribution in [0.4, 0.5) is 13.2 Å². The first-order chi connectivity index (χ1) is 8.83. The Morgan fingerprint density at radius 3 is 2.53 bits per heavy atom. The Balaban J connectivity index is 2.79. The molecule has 2 N–H and O–H groups in total. The van der Waals surface area contributed by atoms with E-state index in [1.54, 1.807) is 32.0 Å². The maximum Gasteiger partial charge on any atom is 0.411 e. The topological polar surface area (TPSA) is 44.5 Å². The number of hydrogen-bond donors (Lipinski definition) is 1. The lowest BCUT2D eigenvalue weighted by Gasteiger charge is -2.14. The molecule has 0 aliphatic rings. The number of alkyl halides is 3. The lowest BCUT2D eigenvalue weighted by atomic mass is 10.1. The standard InChI is InChI=1S/C13H18F3NO2/c1-3-19-12-5-4-10(9(2)17)6-11(12)7-18-8-13(14,15)16/h4-6,9H,3,7-8,17H2,1-2H3. The fraction of sp³-hybridized carbons (Fsp3) is 0.538. The molecule has 1 aromatic rings. The quantitative estimate of drug-likeness (QED) is 0.868. The smallest absolute Gasteiger partial charge is 0.411 e. The van der Waals surface area contributed by atoms with Crippen LogP contribution in [0.25, 0.3) is 0 Å². The molecule has 0 aliphatic heterocycles. The van der Waals surface area contributed by atoms with Crippen LogP contribution in [-0.2, 0) is 11.3 Å². The minimum atomic E-state index is -4.33. The zero-order chi connectivity index (χ0) is 14.5. The van der Waals surface area contributed by atoms with E-state index in [2.05, 4.69) is 4.74 Å². The van der Waals surface area contributed by atoms with Crippen molar-refractivity contribution in [3.63, 3.8) is 0 Å². The molecule has 0 amide bonds. The van der Waals surface area contributed by atoms with Crippen molar-refractivity contribution in [2.45, 2.75) is 32.7 Å². The van der Waals surface area contributed by atoms with Crippen molar-refractivity contribution >= 4 is 0 Å². The van der Waals surface area contributed by atoms with Gasteiger partial charge in [-0.25, -0.2) is 0 Å². The minimum absolute atomic E-state index is 0.157. The van der Waals surface area contributed by atoms with E-state index in [4.69, 9.17) is 10.5 Å². The van der Waals surface area contributed by atoms with Gasteiger partial charge in [0.05, 0.1) is 13.2 Å². The summed E-state index contributed by atoms with van der Waals surface area (Å²) in [6, 6.07) is 5.01. The molecule has 1 unspecified atom stereocenters. The number of benzene rings is 1. The third kappa shape index (κ3) is 5.48. The van der Waals surface area contributed by atoms with Gasteiger partial charge in [-0.05, 0) is 31.5 Å². The van der Waals surface area contributed by atoms with Crippen LogP contribution in [0.5, 0.6) is 5.75 Å². The molecule has 0 fully saturated rings. The molecule has 0 bridgehead atoms. The molecule has 1 atom stereocenters. The van der Waals surface area contributed by atoms with Crippen LogP contribution < -0.4 is 10.5 Å². The summed E-state index contributed by atoms with van der Waals surface area (Å²) >= 11 is 0. The molecular formula is C13H18F3NO2. The number of hydrogen-bond acceptors (Lipinski definition) is 3. The van der Waals surface area contributed by atoms with Crippen LogP contribution in [0.2, 0.25) is 0 Å². The summed E-state index contributed by atoms with van der Waals surface area (Å²) in [7, 11) is 0. The second kappa shape index (κ2) is 6.77. The Labute approximate surface area is 110 Å². The number of ether oxygens (including phenoxy) is 2. The zero-order valence-electron chi connectivity index (χ0n) is 11.0. The largest absolute Gasteiger partial charge is 0.494 e. The molecule has 1 aromatic carbocycles. The zero-order valence-corrected chi connectivity index (χ0v) is 11.0. The SMILES string of the molecule is CCOc1ccc(C(C)N)cc1COCC(F)(F)F. The Hall–Kier alpha value is -1.27. The van der Waals surface area contributed by atoms with Gasteiger partial charge in [0.25, 0.3) is 0 Å². The highest BCUT2D eigenvalue weighted by atomic mass is 19.4. The molecule has 0 saturated carbocycles. The number of nitrogens with two attached hydrogens (primary N) is 1. The third-order valence-electron chi connectivity index (χ3n) is 2.43. The van der Waals surface area contributed by atoms with Gasteiger partial charge in [0.1, 0.15) is 12.4 Å². The van der Waals surface area contributed by atoms with Crippen molar-refractivity contribution in [1.29, 1.82) is 0 Å². The average molecular weight is 277 g/mol. The molecule has 0 heterocycles. The summed E-state index contributed by atoms with van der Waals surface area (Å²) < 4.78 is 46.1. The van der Waals surface area contributed by atoms with Gasteiger partial charge >= 0.3 is 6.18 Å². The lowest BCUT2D eigenvalue weighted by Crippen LogP contribution is -2.17. The van der Waals surface area contributed by atoms with E-state index in [-0.39, 0.29) is 12.6 Å².